The van der Waals surface area contributed by atoms with Gasteiger partial charge in [0.05, 0.1) is 6.20 Å². The molecule has 0 amide bonds. The maximum absolute atomic E-state index is 4.22. The second-order valence-corrected chi connectivity index (χ2v) is 3.13. The minimum absolute atomic E-state index is 0.490. The monoisotopic (exact) mass is 161 g/mol. The lowest BCUT2D eigenvalue weighted by molar-refractivity contribution is 0.751. The van der Waals surface area contributed by atoms with Gasteiger partial charge < -0.3 is 0 Å². The topological polar surface area (TPSA) is 30.2 Å². The van der Waals surface area contributed by atoms with Crippen molar-refractivity contribution in [3.05, 3.63) is 30.2 Å². The van der Waals surface area contributed by atoms with Crippen LogP contribution in [-0.2, 0) is 0 Å². The Morgan fingerprint density at radius 1 is 1.25 bits per heavy atom. The average molecular weight is 161 g/mol. The molecule has 0 saturated carbocycles. The van der Waals surface area contributed by atoms with E-state index in [4.69, 9.17) is 0 Å². The molecule has 0 saturated heterocycles. The first kappa shape index (κ1) is 7.28. The summed E-state index contributed by atoms with van der Waals surface area (Å²) in [5.41, 5.74) is 2.12. The summed E-state index contributed by atoms with van der Waals surface area (Å²) in [6.45, 7) is 4.30. The van der Waals surface area contributed by atoms with Gasteiger partial charge in [-0.05, 0) is 18.1 Å². The van der Waals surface area contributed by atoms with Crippen LogP contribution in [0, 0.1) is 0 Å². The predicted molar refractivity (Wildman–Crippen MR) is 47.1 cm³/mol. The zero-order valence-corrected chi connectivity index (χ0v) is 7.23. The first-order valence-electron chi connectivity index (χ1n) is 4.07. The number of aromatic nitrogens is 3. The number of rotatable bonds is 1. The van der Waals surface area contributed by atoms with Crippen molar-refractivity contribution in [1.82, 2.24) is 14.6 Å². The van der Waals surface area contributed by atoms with Gasteiger partial charge >= 0.3 is 0 Å². The van der Waals surface area contributed by atoms with E-state index in [0.29, 0.717) is 5.92 Å². The quantitative estimate of drug-likeness (QED) is 0.639. The Morgan fingerprint density at radius 3 is 2.83 bits per heavy atom. The lowest BCUT2D eigenvalue weighted by Gasteiger charge is -2.02. The van der Waals surface area contributed by atoms with Gasteiger partial charge in [-0.25, -0.2) is 9.50 Å². The molecule has 62 valence electrons. The average Bonchev–Trinajstić information content (AvgIpc) is 2.47. The normalized spacial score (nSPS) is 11.2. The molecule has 2 heterocycles. The van der Waals surface area contributed by atoms with E-state index in [-0.39, 0.29) is 0 Å². The van der Waals surface area contributed by atoms with E-state index in [1.165, 1.54) is 5.69 Å². The Morgan fingerprint density at radius 2 is 2.08 bits per heavy atom. The Labute approximate surface area is 71.1 Å². The largest absolute Gasteiger partial charge is 0.235 e. The summed E-state index contributed by atoms with van der Waals surface area (Å²) in [6.07, 6.45) is 3.42. The summed E-state index contributed by atoms with van der Waals surface area (Å²) >= 11 is 0. The van der Waals surface area contributed by atoms with Gasteiger partial charge in [0.25, 0.3) is 0 Å². The fourth-order valence-corrected chi connectivity index (χ4v) is 1.30. The van der Waals surface area contributed by atoms with Gasteiger partial charge in [0.1, 0.15) is 0 Å². The number of hydrogen-bond donors (Lipinski definition) is 0. The molecule has 0 aliphatic carbocycles. The fourth-order valence-electron chi connectivity index (χ4n) is 1.30. The van der Waals surface area contributed by atoms with E-state index >= 15 is 0 Å². The maximum atomic E-state index is 4.22. The van der Waals surface area contributed by atoms with Gasteiger partial charge in [-0.2, -0.15) is 5.10 Å². The number of fused-ring (bicyclic) bond motifs is 1. The molecule has 2 aromatic heterocycles. The zero-order chi connectivity index (χ0) is 8.55. The molecule has 3 heteroatoms. The van der Waals surface area contributed by atoms with Gasteiger partial charge in [-0.3, -0.25) is 0 Å². The van der Waals surface area contributed by atoms with Crippen LogP contribution in [0.1, 0.15) is 25.5 Å². The third kappa shape index (κ3) is 0.978. The van der Waals surface area contributed by atoms with Gasteiger partial charge in [-0.15, -0.1) is 0 Å². The highest BCUT2D eigenvalue weighted by Gasteiger charge is 2.05. The van der Waals surface area contributed by atoms with Crippen molar-refractivity contribution < 1.29 is 0 Å². The fraction of sp³-hybridized carbons (Fsp3) is 0.333. The summed E-state index contributed by atoms with van der Waals surface area (Å²) in [7, 11) is 0. The van der Waals surface area contributed by atoms with Crippen molar-refractivity contribution in [2.75, 3.05) is 0 Å². The van der Waals surface area contributed by atoms with Crippen molar-refractivity contribution in [3.63, 3.8) is 0 Å². The Balaban J connectivity index is 2.70. The Kier molecular flexibility index (Phi) is 1.57. The van der Waals surface area contributed by atoms with Crippen LogP contribution in [0.25, 0.3) is 5.65 Å². The molecule has 0 radical (unpaired) electrons. The highest BCUT2D eigenvalue weighted by Crippen LogP contribution is 2.15. The van der Waals surface area contributed by atoms with E-state index in [1.807, 2.05) is 10.6 Å². The lowest BCUT2D eigenvalue weighted by atomic mass is 10.1. The minimum atomic E-state index is 0.490. The van der Waals surface area contributed by atoms with Crippen LogP contribution in [-0.4, -0.2) is 14.6 Å². The molecule has 0 aliphatic heterocycles. The van der Waals surface area contributed by atoms with Crippen LogP contribution in [0.15, 0.2) is 24.5 Å². The molecule has 2 rings (SSSR count). The van der Waals surface area contributed by atoms with Crippen LogP contribution in [0.3, 0.4) is 0 Å². The highest BCUT2D eigenvalue weighted by atomic mass is 15.2. The van der Waals surface area contributed by atoms with E-state index < -0.39 is 0 Å². The second-order valence-electron chi connectivity index (χ2n) is 3.13. The van der Waals surface area contributed by atoms with E-state index in [0.717, 1.165) is 5.65 Å². The second kappa shape index (κ2) is 2.59. The van der Waals surface area contributed by atoms with Crippen LogP contribution in [0.2, 0.25) is 0 Å². The predicted octanol–water partition coefficient (Wildman–Crippen LogP) is 1.85. The van der Waals surface area contributed by atoms with E-state index in [9.17, 15) is 0 Å². The molecular weight excluding hydrogens is 150 g/mol. The van der Waals surface area contributed by atoms with Gasteiger partial charge in [0, 0.05) is 11.9 Å². The van der Waals surface area contributed by atoms with Crippen molar-refractivity contribution in [1.29, 1.82) is 0 Å². The van der Waals surface area contributed by atoms with Crippen molar-refractivity contribution in [2.45, 2.75) is 19.8 Å². The number of hydrogen-bond acceptors (Lipinski definition) is 2. The van der Waals surface area contributed by atoms with Gasteiger partial charge in [-0.1, -0.05) is 13.8 Å². The first-order chi connectivity index (χ1) is 5.79. The highest BCUT2D eigenvalue weighted by molar-refractivity contribution is 5.40. The summed E-state index contributed by atoms with van der Waals surface area (Å²) in [6, 6.07) is 4.06. The van der Waals surface area contributed by atoms with Crippen LogP contribution in [0.5, 0.6) is 0 Å². The molecule has 0 aromatic carbocycles. The number of nitrogens with zero attached hydrogens (tertiary/aromatic N) is 3. The van der Waals surface area contributed by atoms with Crippen LogP contribution in [0.4, 0.5) is 0 Å². The maximum Gasteiger partial charge on any atom is 0.153 e. The lowest BCUT2D eigenvalue weighted by Crippen LogP contribution is -1.99. The molecule has 0 fully saturated rings. The Hall–Kier alpha value is -1.38. The molecule has 0 bridgehead atoms. The molecule has 12 heavy (non-hydrogen) atoms. The summed E-state index contributed by atoms with van der Waals surface area (Å²) in [4.78, 5) is 4.18. The molecule has 0 spiro atoms. The molecule has 0 unspecified atom stereocenters. The van der Waals surface area contributed by atoms with Gasteiger partial charge in [0.15, 0.2) is 5.65 Å². The first-order valence-corrected chi connectivity index (χ1v) is 4.07. The minimum Gasteiger partial charge on any atom is -0.235 e. The molecule has 0 aliphatic rings. The summed E-state index contributed by atoms with van der Waals surface area (Å²) < 4.78 is 1.88. The van der Waals surface area contributed by atoms with E-state index in [1.54, 1.807) is 12.4 Å². The summed E-state index contributed by atoms with van der Waals surface area (Å²) in [5.74, 6) is 0.490. The molecule has 2 aromatic rings. The molecular formula is C9H11N3. The Bertz CT molecular complexity index is 389. The smallest absolute Gasteiger partial charge is 0.153 e. The van der Waals surface area contributed by atoms with E-state index in [2.05, 4.69) is 30.0 Å². The van der Waals surface area contributed by atoms with Crippen molar-refractivity contribution in [2.24, 2.45) is 0 Å². The SMILES string of the molecule is CC(C)c1ccc2nccnn12. The van der Waals surface area contributed by atoms with Crippen LogP contribution >= 0.6 is 0 Å². The standard InChI is InChI=1S/C9H11N3/c1-7(2)8-3-4-9-10-5-6-11-12(8)9/h3-7H,1-2H3. The van der Waals surface area contributed by atoms with Crippen LogP contribution < -0.4 is 0 Å². The third-order valence-corrected chi connectivity index (χ3v) is 1.91. The zero-order valence-electron chi connectivity index (χ0n) is 7.23. The molecule has 0 N–H and O–H groups in total. The van der Waals surface area contributed by atoms with Crippen molar-refractivity contribution in [3.8, 4) is 0 Å². The van der Waals surface area contributed by atoms with Gasteiger partial charge in [0.2, 0.25) is 0 Å². The van der Waals surface area contributed by atoms with Crippen molar-refractivity contribution >= 4 is 5.65 Å². The molecule has 3 nitrogen and oxygen atoms in total. The molecule has 0 atom stereocenters. The summed E-state index contributed by atoms with van der Waals surface area (Å²) in [5, 5.41) is 4.22. The third-order valence-electron chi connectivity index (χ3n) is 1.91.